The molecule has 4 fully saturated rings. The minimum Gasteiger partial charge on any atom is -0.0870 e. The first-order valence-corrected chi connectivity index (χ1v) is 4.89. The van der Waals surface area contributed by atoms with Crippen LogP contribution in [0, 0.1) is 17.8 Å². The number of hydrogen-bond acceptors (Lipinski definition) is 1. The van der Waals surface area contributed by atoms with Gasteiger partial charge in [-0.3, -0.25) is 0 Å². The molecule has 0 aromatic heterocycles. The van der Waals surface area contributed by atoms with Crippen LogP contribution in [0.1, 0.15) is 32.1 Å². The Bertz CT molecular complexity index is 253. The van der Waals surface area contributed by atoms with Gasteiger partial charge in [-0.25, -0.2) is 0 Å². The summed E-state index contributed by atoms with van der Waals surface area (Å²) < 4.78 is 0. The topological polar surface area (TPSA) is 48.8 Å². The van der Waals surface area contributed by atoms with Crippen LogP contribution >= 0.6 is 0 Å². The van der Waals surface area contributed by atoms with Gasteiger partial charge < -0.3 is 0 Å². The molecular formula is C9H13N3. The molecule has 4 aliphatic carbocycles. The van der Waals surface area contributed by atoms with Gasteiger partial charge in [-0.1, -0.05) is 5.11 Å². The monoisotopic (exact) mass is 163 g/mol. The van der Waals surface area contributed by atoms with E-state index in [4.69, 9.17) is 5.53 Å². The van der Waals surface area contributed by atoms with Gasteiger partial charge in [0.25, 0.3) is 0 Å². The minimum absolute atomic E-state index is 0.0856. The van der Waals surface area contributed by atoms with Crippen molar-refractivity contribution in [1.29, 1.82) is 0 Å². The first kappa shape index (κ1) is 6.79. The fourth-order valence-electron chi connectivity index (χ4n) is 4.01. The molecule has 3 nitrogen and oxygen atoms in total. The van der Waals surface area contributed by atoms with Crippen molar-refractivity contribution in [2.75, 3.05) is 0 Å². The summed E-state index contributed by atoms with van der Waals surface area (Å²) in [5.74, 6) is 2.54. The average molecular weight is 163 g/mol. The summed E-state index contributed by atoms with van der Waals surface area (Å²) in [4.78, 5) is 3.03. The van der Waals surface area contributed by atoms with E-state index in [1.807, 2.05) is 0 Å². The molecule has 3 heteroatoms. The van der Waals surface area contributed by atoms with E-state index in [9.17, 15) is 0 Å². The van der Waals surface area contributed by atoms with Crippen molar-refractivity contribution in [2.24, 2.45) is 22.9 Å². The SMILES string of the molecule is [N-]=[N+]=NC12CC3CC(CC1C3)C2. The predicted octanol–water partition coefficient (Wildman–Crippen LogP) is 2.88. The van der Waals surface area contributed by atoms with Gasteiger partial charge in [-0.2, -0.15) is 0 Å². The van der Waals surface area contributed by atoms with Crippen molar-refractivity contribution < 1.29 is 0 Å². The second-order valence-corrected chi connectivity index (χ2v) is 4.84. The fraction of sp³-hybridized carbons (Fsp3) is 1.00. The van der Waals surface area contributed by atoms with Crippen LogP contribution < -0.4 is 0 Å². The Morgan fingerprint density at radius 3 is 2.42 bits per heavy atom. The van der Waals surface area contributed by atoms with E-state index in [0.29, 0.717) is 0 Å². The van der Waals surface area contributed by atoms with Crippen molar-refractivity contribution in [3.63, 3.8) is 0 Å². The molecule has 0 N–H and O–H groups in total. The lowest BCUT2D eigenvalue weighted by Gasteiger charge is -2.28. The summed E-state index contributed by atoms with van der Waals surface area (Å²) >= 11 is 0. The van der Waals surface area contributed by atoms with Crippen molar-refractivity contribution in [3.05, 3.63) is 10.4 Å². The summed E-state index contributed by atoms with van der Waals surface area (Å²) in [7, 11) is 0. The molecule has 0 radical (unpaired) electrons. The molecule has 4 bridgehead atoms. The fourth-order valence-corrected chi connectivity index (χ4v) is 4.01. The normalized spacial score (nSPS) is 54.2. The maximum atomic E-state index is 8.53. The van der Waals surface area contributed by atoms with Gasteiger partial charge in [0.05, 0.1) is 5.54 Å². The molecule has 64 valence electrons. The molecule has 0 spiro atoms. The molecule has 2 atom stereocenters. The molecule has 0 aliphatic heterocycles. The second kappa shape index (κ2) is 1.97. The van der Waals surface area contributed by atoms with Gasteiger partial charge in [0.2, 0.25) is 0 Å². The highest BCUT2D eigenvalue weighted by Crippen LogP contribution is 2.62. The highest BCUT2D eigenvalue weighted by atomic mass is 15.2. The summed E-state index contributed by atoms with van der Waals surface area (Å²) in [5.41, 5.74) is 8.61. The van der Waals surface area contributed by atoms with E-state index in [1.54, 1.807) is 0 Å². The Morgan fingerprint density at radius 1 is 1.17 bits per heavy atom. The van der Waals surface area contributed by atoms with Crippen LogP contribution in [0.4, 0.5) is 0 Å². The van der Waals surface area contributed by atoms with E-state index < -0.39 is 0 Å². The first-order valence-electron chi connectivity index (χ1n) is 4.89. The Kier molecular flexibility index (Phi) is 1.11. The summed E-state index contributed by atoms with van der Waals surface area (Å²) in [5, 5.41) is 4.08. The first-order chi connectivity index (χ1) is 5.82. The molecule has 4 aliphatic rings. The zero-order valence-electron chi connectivity index (χ0n) is 7.11. The maximum absolute atomic E-state index is 8.53. The second-order valence-electron chi connectivity index (χ2n) is 4.84. The average Bonchev–Trinajstić information content (AvgIpc) is 2.36. The number of hydrogen-bond donors (Lipinski definition) is 0. The number of nitrogens with zero attached hydrogens (tertiary/aromatic N) is 3. The van der Waals surface area contributed by atoms with Crippen LogP contribution in [0.5, 0.6) is 0 Å². The molecule has 4 saturated carbocycles. The third-order valence-electron chi connectivity index (χ3n) is 4.19. The third kappa shape index (κ3) is 0.656. The van der Waals surface area contributed by atoms with E-state index in [-0.39, 0.29) is 5.54 Å². The highest BCUT2D eigenvalue weighted by Gasteiger charge is 2.57. The third-order valence-corrected chi connectivity index (χ3v) is 4.19. The van der Waals surface area contributed by atoms with Crippen LogP contribution in [0.2, 0.25) is 0 Å². The molecule has 2 unspecified atom stereocenters. The van der Waals surface area contributed by atoms with Gasteiger partial charge >= 0.3 is 0 Å². The molecule has 4 rings (SSSR count). The largest absolute Gasteiger partial charge is 0.0870 e. The van der Waals surface area contributed by atoms with Crippen molar-refractivity contribution in [2.45, 2.75) is 37.6 Å². The standard InChI is InChI=1S/C9H13N3/c10-12-11-9-4-6-1-7(5-9)3-8(9)2-6/h6-8H,1-5H2. The van der Waals surface area contributed by atoms with Crippen LogP contribution in [-0.4, -0.2) is 5.54 Å². The molecule has 12 heavy (non-hydrogen) atoms. The molecule has 0 saturated heterocycles. The molecule has 0 aromatic carbocycles. The molecule has 0 aromatic rings. The lowest BCUT2D eigenvalue weighted by Crippen LogP contribution is -2.26. The molecule has 0 amide bonds. The Hall–Kier alpha value is -0.690. The van der Waals surface area contributed by atoms with Crippen molar-refractivity contribution in [1.82, 2.24) is 0 Å². The van der Waals surface area contributed by atoms with Gasteiger partial charge in [0, 0.05) is 4.91 Å². The van der Waals surface area contributed by atoms with E-state index >= 15 is 0 Å². The van der Waals surface area contributed by atoms with Crippen molar-refractivity contribution >= 4 is 0 Å². The summed E-state index contributed by atoms with van der Waals surface area (Å²) in [6, 6.07) is 0. The van der Waals surface area contributed by atoms with Crippen LogP contribution in [0.25, 0.3) is 10.4 Å². The summed E-state index contributed by atoms with van der Waals surface area (Å²) in [6.45, 7) is 0. The van der Waals surface area contributed by atoms with Gasteiger partial charge in [0.15, 0.2) is 0 Å². The Balaban J connectivity index is 2.03. The lowest BCUT2D eigenvalue weighted by molar-refractivity contribution is 0.267. The lowest BCUT2D eigenvalue weighted by atomic mass is 9.81. The van der Waals surface area contributed by atoms with E-state index in [2.05, 4.69) is 10.0 Å². The Morgan fingerprint density at radius 2 is 1.83 bits per heavy atom. The zero-order valence-corrected chi connectivity index (χ0v) is 7.11. The minimum atomic E-state index is 0.0856. The van der Waals surface area contributed by atoms with Crippen LogP contribution in [-0.2, 0) is 0 Å². The number of rotatable bonds is 1. The Labute approximate surface area is 71.8 Å². The van der Waals surface area contributed by atoms with Gasteiger partial charge in [-0.05, 0) is 55.4 Å². The number of azide groups is 1. The van der Waals surface area contributed by atoms with Gasteiger partial charge in [0.1, 0.15) is 0 Å². The van der Waals surface area contributed by atoms with Crippen molar-refractivity contribution in [3.8, 4) is 0 Å². The predicted molar refractivity (Wildman–Crippen MR) is 45.4 cm³/mol. The zero-order chi connectivity index (χ0) is 8.18. The van der Waals surface area contributed by atoms with Crippen LogP contribution in [0.15, 0.2) is 5.11 Å². The van der Waals surface area contributed by atoms with E-state index in [1.165, 1.54) is 32.1 Å². The quantitative estimate of drug-likeness (QED) is 0.324. The summed E-state index contributed by atoms with van der Waals surface area (Å²) in [6.07, 6.45) is 6.49. The van der Waals surface area contributed by atoms with Gasteiger partial charge in [-0.15, -0.1) is 0 Å². The van der Waals surface area contributed by atoms with E-state index in [0.717, 1.165) is 17.8 Å². The smallest absolute Gasteiger partial charge is 0.0521 e. The molecular weight excluding hydrogens is 150 g/mol. The van der Waals surface area contributed by atoms with Crippen LogP contribution in [0.3, 0.4) is 0 Å². The molecule has 0 heterocycles. The highest BCUT2D eigenvalue weighted by molar-refractivity contribution is 5.12. The maximum Gasteiger partial charge on any atom is 0.0521 e.